The zero-order valence-electron chi connectivity index (χ0n) is 35.1. The predicted octanol–water partition coefficient (Wildman–Crippen LogP) is 12.1. The van der Waals surface area contributed by atoms with Crippen LogP contribution >= 0.6 is 0 Å². The lowest BCUT2D eigenvalue weighted by Gasteiger charge is -2.08. The number of hydrogen-bond donors (Lipinski definition) is 2. The Morgan fingerprint density at radius 3 is 0.909 bits per heavy atom. The summed E-state index contributed by atoms with van der Waals surface area (Å²) < 4.78 is 0. The highest BCUT2D eigenvalue weighted by Gasteiger charge is 2.20. The number of aromatic nitrogens is 11. The van der Waals surface area contributed by atoms with Crippen LogP contribution in [-0.4, -0.2) is 54.8 Å². The van der Waals surface area contributed by atoms with Crippen LogP contribution in [0.1, 0.15) is 22.8 Å². The summed E-state index contributed by atoms with van der Waals surface area (Å²) in [6.07, 6.45) is 22.9. The summed E-state index contributed by atoms with van der Waals surface area (Å²) in [4.78, 5) is 51.2. The smallest absolute Gasteiger partial charge is 0.0886 e. The second-order valence-corrected chi connectivity index (χ2v) is 15.7. The summed E-state index contributed by atoms with van der Waals surface area (Å²) in [5, 5.41) is 0. The van der Waals surface area contributed by atoms with Gasteiger partial charge >= 0.3 is 0 Å². The molecular weight excluding hydrogens is 815 g/mol. The maximum atomic E-state index is 5.44. The minimum Gasteiger partial charge on any atom is -0.354 e. The van der Waals surface area contributed by atoms with Crippen LogP contribution in [-0.2, 0) is 0 Å². The molecule has 0 unspecified atom stereocenters. The van der Waals surface area contributed by atoms with Crippen LogP contribution in [0, 0.1) is 0 Å². The molecule has 12 heterocycles. The highest BCUT2D eigenvalue weighted by Crippen LogP contribution is 2.39. The molecule has 0 atom stereocenters. The van der Waals surface area contributed by atoms with Crippen LogP contribution in [0.15, 0.2) is 177 Å². The first-order valence-corrected chi connectivity index (χ1v) is 21.4. The average molecular weight is 850 g/mol. The van der Waals surface area contributed by atoms with Gasteiger partial charge in [0.05, 0.1) is 56.9 Å². The molecule has 310 valence electrons. The quantitative estimate of drug-likeness (QED) is 0.160. The van der Waals surface area contributed by atoms with E-state index in [4.69, 9.17) is 24.9 Å². The number of hydrogen-bond acceptors (Lipinski definition) is 9. The Hall–Kier alpha value is -9.35. The topological polar surface area (TPSA) is 148 Å². The van der Waals surface area contributed by atoms with Gasteiger partial charge < -0.3 is 9.97 Å². The minimum atomic E-state index is 0.765. The molecule has 10 aromatic rings. The van der Waals surface area contributed by atoms with Gasteiger partial charge in [-0.15, -0.1) is 0 Å². The van der Waals surface area contributed by atoms with E-state index < -0.39 is 0 Å². The van der Waals surface area contributed by atoms with E-state index in [1.54, 1.807) is 31.0 Å². The molecule has 0 saturated heterocycles. The zero-order chi connectivity index (χ0) is 43.8. The maximum Gasteiger partial charge on any atom is 0.0886 e. The van der Waals surface area contributed by atoms with Crippen LogP contribution in [0.3, 0.4) is 0 Å². The van der Waals surface area contributed by atoms with E-state index in [1.165, 1.54) is 0 Å². The molecule has 0 saturated carbocycles. The van der Waals surface area contributed by atoms with Gasteiger partial charge in [0, 0.05) is 111 Å². The Labute approximate surface area is 378 Å². The number of nitrogens with one attached hydrogen (secondary N) is 2. The van der Waals surface area contributed by atoms with E-state index in [1.807, 2.05) is 104 Å². The van der Waals surface area contributed by atoms with E-state index in [-0.39, 0.29) is 0 Å². The van der Waals surface area contributed by atoms with Gasteiger partial charge in [-0.05, 0) is 121 Å². The predicted molar refractivity (Wildman–Crippen MR) is 261 cm³/mol. The van der Waals surface area contributed by atoms with Crippen molar-refractivity contribution in [2.45, 2.75) is 0 Å². The molecule has 0 spiro atoms. The number of aromatic amines is 2. The first-order valence-electron chi connectivity index (χ1n) is 21.4. The minimum absolute atomic E-state index is 0.765. The lowest BCUT2D eigenvalue weighted by Crippen LogP contribution is -1.92. The van der Waals surface area contributed by atoms with E-state index in [2.05, 4.69) is 96.7 Å². The number of H-pyrrole nitrogens is 2. The van der Waals surface area contributed by atoms with E-state index >= 15 is 0 Å². The fraction of sp³-hybridized carbons (Fsp3) is 0. The van der Waals surface area contributed by atoms with Crippen molar-refractivity contribution < 1.29 is 0 Å². The Morgan fingerprint density at radius 2 is 0.606 bits per heavy atom. The molecule has 11 nitrogen and oxygen atoms in total. The first-order chi connectivity index (χ1) is 32.7. The second kappa shape index (κ2) is 16.4. The molecule has 11 heteroatoms. The number of fused-ring (bicyclic) bond motifs is 8. The molecule has 0 amide bonds. The summed E-state index contributed by atoms with van der Waals surface area (Å²) in [5.41, 5.74) is 18.5. The molecule has 10 aromatic heterocycles. The number of rotatable bonds is 7. The third kappa shape index (κ3) is 7.12. The van der Waals surface area contributed by atoms with Crippen molar-refractivity contribution in [1.29, 1.82) is 0 Å². The first kappa shape index (κ1) is 38.3. The fourth-order valence-electron chi connectivity index (χ4n) is 8.56. The molecule has 12 rings (SSSR count). The van der Waals surface area contributed by atoms with E-state index in [0.717, 1.165) is 124 Å². The summed E-state index contributed by atoms with van der Waals surface area (Å²) in [5.74, 6) is 0. The van der Waals surface area contributed by atoms with Gasteiger partial charge in [-0.2, -0.15) is 0 Å². The van der Waals surface area contributed by atoms with Crippen molar-refractivity contribution in [1.82, 2.24) is 54.8 Å². The van der Waals surface area contributed by atoms with Crippen molar-refractivity contribution >= 4 is 46.4 Å². The van der Waals surface area contributed by atoms with Crippen molar-refractivity contribution in [3.63, 3.8) is 0 Å². The number of nitrogens with zero attached hydrogens (tertiary/aromatic N) is 9. The molecule has 0 radical (unpaired) electrons. The third-order valence-corrected chi connectivity index (χ3v) is 11.7. The molecule has 2 aliphatic heterocycles. The van der Waals surface area contributed by atoms with Gasteiger partial charge in [0.1, 0.15) is 0 Å². The summed E-state index contributed by atoms with van der Waals surface area (Å²) in [6.45, 7) is 0. The lowest BCUT2D eigenvalue weighted by atomic mass is 10.0. The van der Waals surface area contributed by atoms with E-state index in [9.17, 15) is 0 Å². The van der Waals surface area contributed by atoms with Crippen molar-refractivity contribution in [3.05, 3.63) is 200 Å². The van der Waals surface area contributed by atoms with Gasteiger partial charge in [0.2, 0.25) is 0 Å². The van der Waals surface area contributed by atoms with Gasteiger partial charge in [-0.25, -0.2) is 9.97 Å². The van der Waals surface area contributed by atoms with Crippen LogP contribution in [0.4, 0.5) is 0 Å². The summed E-state index contributed by atoms with van der Waals surface area (Å²) in [6, 6.07) is 42.1. The van der Waals surface area contributed by atoms with Crippen LogP contribution in [0.25, 0.3) is 125 Å². The van der Waals surface area contributed by atoms with Crippen molar-refractivity contribution in [3.8, 4) is 78.7 Å². The van der Waals surface area contributed by atoms with Crippen molar-refractivity contribution in [2.24, 2.45) is 0 Å². The van der Waals surface area contributed by atoms with Gasteiger partial charge in [-0.1, -0.05) is 36.4 Å². The SMILES string of the molecule is C1=Cc2nc1c(-c1ccncc1)c1ccc([nH]1)c(-c1ccc(-c3ccccn3)nc1)c1nc(c(-c3ccc(-c4ccccn4)nc3)c3ccc([nH]3)c2-c2ccc(-c3ccccn3)nc2)C=C1. The maximum absolute atomic E-state index is 5.44. The average Bonchev–Trinajstić information content (AvgIpc) is 4.25. The second-order valence-electron chi connectivity index (χ2n) is 15.7. The highest BCUT2D eigenvalue weighted by molar-refractivity contribution is 5.99. The molecular formula is C55H35N11. The highest BCUT2D eigenvalue weighted by atomic mass is 14.8. The Kier molecular flexibility index (Phi) is 9.53. The number of pyridine rings is 7. The lowest BCUT2D eigenvalue weighted by molar-refractivity contribution is 1.24. The largest absolute Gasteiger partial charge is 0.354 e. The molecule has 2 aliphatic rings. The van der Waals surface area contributed by atoms with Gasteiger partial charge in [0.25, 0.3) is 0 Å². The molecule has 0 fully saturated rings. The van der Waals surface area contributed by atoms with E-state index in [0.29, 0.717) is 0 Å². The van der Waals surface area contributed by atoms with Gasteiger partial charge in [-0.3, -0.25) is 34.9 Å². The Balaban J connectivity index is 1.15. The fourth-order valence-corrected chi connectivity index (χ4v) is 8.56. The van der Waals surface area contributed by atoms with Crippen LogP contribution in [0.5, 0.6) is 0 Å². The normalized spacial score (nSPS) is 11.8. The molecule has 66 heavy (non-hydrogen) atoms. The summed E-state index contributed by atoms with van der Waals surface area (Å²) >= 11 is 0. The van der Waals surface area contributed by atoms with Crippen LogP contribution in [0.2, 0.25) is 0 Å². The Morgan fingerprint density at radius 1 is 0.273 bits per heavy atom. The molecule has 0 aliphatic carbocycles. The monoisotopic (exact) mass is 849 g/mol. The van der Waals surface area contributed by atoms with Gasteiger partial charge in [0.15, 0.2) is 0 Å². The standard InChI is InChI=1S/C55H35N11/c1-4-26-57-38(7-1)41-13-10-35(31-60-41)53-46-18-16-44(63-46)52(34-24-29-56-30-25-34)45-17-19-47(64-45)54(36-11-14-42(61-32-36)39-8-2-5-27-58-39)49-21-23-51(66-49)55(50-22-20-48(53)65-50)37-12-15-43(62-33-37)40-9-3-6-28-59-40/h1-33,63,66H. The summed E-state index contributed by atoms with van der Waals surface area (Å²) in [7, 11) is 0. The van der Waals surface area contributed by atoms with Crippen LogP contribution < -0.4 is 0 Å². The zero-order valence-corrected chi connectivity index (χ0v) is 35.1. The molecule has 0 aromatic carbocycles. The molecule has 2 N–H and O–H groups in total. The molecule has 8 bridgehead atoms. The third-order valence-electron chi connectivity index (χ3n) is 11.7. The Bertz CT molecular complexity index is 3560. The van der Waals surface area contributed by atoms with Crippen molar-refractivity contribution in [2.75, 3.05) is 0 Å².